The van der Waals surface area contributed by atoms with Crippen LogP contribution in [0.15, 0.2) is 59.7 Å². The summed E-state index contributed by atoms with van der Waals surface area (Å²) in [5.41, 5.74) is 1.88. The molecule has 0 unspecified atom stereocenters. The van der Waals surface area contributed by atoms with E-state index in [9.17, 15) is 0 Å². The number of amidine groups is 1. The standard InChI is InChI=1S/C17H24N6O/c1-22-12-15(20-13-22)17(19-10-11-24)21-16(23(2)18)9-8-14-6-4-3-5-7-14/h3-7,9,12-13,24H,8,10-11,18H2,1-2H3,(H,19,21)/b16-9-. The molecule has 128 valence electrons. The summed E-state index contributed by atoms with van der Waals surface area (Å²) >= 11 is 0. The minimum absolute atomic E-state index is 0.0282. The molecule has 2 rings (SSSR count). The van der Waals surface area contributed by atoms with Crippen molar-refractivity contribution < 1.29 is 5.11 Å². The average Bonchev–Trinajstić information content (AvgIpc) is 3.01. The lowest BCUT2D eigenvalue weighted by atomic mass is 10.1. The van der Waals surface area contributed by atoms with Gasteiger partial charge in [-0.1, -0.05) is 30.3 Å². The van der Waals surface area contributed by atoms with E-state index in [2.05, 4.69) is 27.4 Å². The van der Waals surface area contributed by atoms with Crippen LogP contribution in [0.4, 0.5) is 0 Å². The molecule has 0 aliphatic heterocycles. The van der Waals surface area contributed by atoms with Gasteiger partial charge in [-0.2, -0.15) is 0 Å². The van der Waals surface area contributed by atoms with Gasteiger partial charge in [0.25, 0.3) is 0 Å². The molecule has 0 saturated carbocycles. The number of nitrogens with two attached hydrogens (primary N) is 1. The molecule has 4 N–H and O–H groups in total. The fraction of sp³-hybridized carbons (Fsp3) is 0.294. The van der Waals surface area contributed by atoms with E-state index in [0.29, 0.717) is 23.9 Å². The van der Waals surface area contributed by atoms with Crippen molar-refractivity contribution in [3.63, 3.8) is 0 Å². The van der Waals surface area contributed by atoms with Gasteiger partial charge < -0.3 is 15.0 Å². The van der Waals surface area contributed by atoms with Crippen molar-refractivity contribution in [1.29, 1.82) is 0 Å². The van der Waals surface area contributed by atoms with Gasteiger partial charge in [-0.05, 0) is 18.1 Å². The number of hydrazine groups is 1. The zero-order chi connectivity index (χ0) is 17.4. The Morgan fingerprint density at radius 3 is 2.75 bits per heavy atom. The van der Waals surface area contributed by atoms with Crippen LogP contribution in [-0.4, -0.2) is 45.7 Å². The van der Waals surface area contributed by atoms with Crippen molar-refractivity contribution in [1.82, 2.24) is 19.9 Å². The van der Waals surface area contributed by atoms with E-state index in [1.165, 1.54) is 10.6 Å². The number of hydrogen-bond donors (Lipinski definition) is 3. The second-order valence-electron chi connectivity index (χ2n) is 5.39. The van der Waals surface area contributed by atoms with Crippen molar-refractivity contribution in [2.75, 3.05) is 20.2 Å². The summed E-state index contributed by atoms with van der Waals surface area (Å²) < 4.78 is 1.84. The average molecular weight is 328 g/mol. The summed E-state index contributed by atoms with van der Waals surface area (Å²) in [6.07, 6.45) is 6.28. The van der Waals surface area contributed by atoms with Crippen molar-refractivity contribution in [2.45, 2.75) is 6.42 Å². The fourth-order valence-corrected chi connectivity index (χ4v) is 2.11. The van der Waals surface area contributed by atoms with Crippen molar-refractivity contribution in [3.05, 3.63) is 66.0 Å². The maximum atomic E-state index is 9.05. The Morgan fingerprint density at radius 1 is 1.42 bits per heavy atom. The van der Waals surface area contributed by atoms with E-state index in [4.69, 9.17) is 10.9 Å². The second kappa shape index (κ2) is 8.85. The molecule has 1 aromatic heterocycles. The maximum Gasteiger partial charge on any atom is 0.154 e. The molecule has 0 radical (unpaired) electrons. The first kappa shape index (κ1) is 17.7. The number of aliphatic hydroxyl groups is 1. The number of allylic oxidation sites excluding steroid dienone is 1. The van der Waals surface area contributed by atoms with Crippen LogP contribution < -0.4 is 11.2 Å². The Bertz CT molecular complexity index is 690. The van der Waals surface area contributed by atoms with Crippen LogP contribution in [0, 0.1) is 0 Å². The lowest BCUT2D eigenvalue weighted by Gasteiger charge is -2.19. The number of nitrogens with zero attached hydrogens (tertiary/aromatic N) is 4. The summed E-state index contributed by atoms with van der Waals surface area (Å²) in [5.74, 6) is 7.21. The number of rotatable bonds is 7. The zero-order valence-corrected chi connectivity index (χ0v) is 14.1. The van der Waals surface area contributed by atoms with Gasteiger partial charge in [0.05, 0.1) is 19.5 Å². The Hall–Kier alpha value is -2.64. The number of aryl methyl sites for hydroxylation is 1. The summed E-state index contributed by atoms with van der Waals surface area (Å²) in [7, 11) is 3.65. The van der Waals surface area contributed by atoms with Gasteiger partial charge in [-0.25, -0.2) is 10.8 Å². The number of nitrogens with one attached hydrogen (secondary N) is 1. The highest BCUT2D eigenvalue weighted by Crippen LogP contribution is 2.05. The fourth-order valence-electron chi connectivity index (χ4n) is 2.11. The van der Waals surface area contributed by atoms with E-state index >= 15 is 0 Å². The topological polar surface area (TPSA) is 91.7 Å². The highest BCUT2D eigenvalue weighted by atomic mass is 16.3. The van der Waals surface area contributed by atoms with Crippen LogP contribution >= 0.6 is 0 Å². The van der Waals surface area contributed by atoms with Gasteiger partial charge >= 0.3 is 0 Å². The number of hydrogen-bond acceptors (Lipinski definition) is 5. The Kier molecular flexibility index (Phi) is 6.53. The van der Waals surface area contributed by atoms with Crippen LogP contribution in [0.5, 0.6) is 0 Å². The number of aromatic nitrogens is 2. The largest absolute Gasteiger partial charge is 0.394 e. The van der Waals surface area contributed by atoms with Crippen LogP contribution in [0.3, 0.4) is 0 Å². The van der Waals surface area contributed by atoms with Crippen molar-refractivity contribution in [2.24, 2.45) is 17.9 Å². The first-order valence-corrected chi connectivity index (χ1v) is 7.73. The first-order valence-electron chi connectivity index (χ1n) is 7.73. The number of benzene rings is 1. The van der Waals surface area contributed by atoms with E-state index in [1.54, 1.807) is 13.4 Å². The molecule has 1 aromatic carbocycles. The molecular formula is C17H24N6O. The predicted octanol–water partition coefficient (Wildman–Crippen LogP) is 0.638. The molecule has 0 saturated heterocycles. The quantitative estimate of drug-likeness (QED) is 0.300. The van der Waals surface area contributed by atoms with E-state index in [0.717, 1.165) is 6.42 Å². The summed E-state index contributed by atoms with van der Waals surface area (Å²) in [4.78, 5) is 8.66. The summed E-state index contributed by atoms with van der Waals surface area (Å²) in [6, 6.07) is 10.1. The van der Waals surface area contributed by atoms with Crippen LogP contribution in [0.2, 0.25) is 0 Å². The predicted molar refractivity (Wildman–Crippen MR) is 95.0 cm³/mol. The van der Waals surface area contributed by atoms with E-state index in [1.807, 2.05) is 42.1 Å². The third-order valence-corrected chi connectivity index (χ3v) is 3.32. The Balaban J connectivity index is 2.19. The molecule has 0 atom stereocenters. The van der Waals surface area contributed by atoms with Crippen LogP contribution in [-0.2, 0) is 13.5 Å². The molecule has 0 aliphatic rings. The lowest BCUT2D eigenvalue weighted by Crippen LogP contribution is -2.37. The lowest BCUT2D eigenvalue weighted by molar-refractivity contribution is 0.306. The second-order valence-corrected chi connectivity index (χ2v) is 5.39. The molecule has 7 nitrogen and oxygen atoms in total. The van der Waals surface area contributed by atoms with Crippen molar-refractivity contribution in [3.8, 4) is 0 Å². The Morgan fingerprint density at radius 2 is 2.17 bits per heavy atom. The van der Waals surface area contributed by atoms with Gasteiger partial charge in [0.1, 0.15) is 11.5 Å². The third kappa shape index (κ3) is 5.22. The van der Waals surface area contributed by atoms with Crippen molar-refractivity contribution >= 4 is 5.84 Å². The molecule has 0 aliphatic carbocycles. The Labute approximate surface area is 142 Å². The highest BCUT2D eigenvalue weighted by Gasteiger charge is 2.10. The van der Waals surface area contributed by atoms with Crippen LogP contribution in [0.25, 0.3) is 0 Å². The molecule has 0 bridgehead atoms. The number of aliphatic hydroxyl groups excluding tert-OH is 1. The zero-order valence-electron chi connectivity index (χ0n) is 14.1. The number of imidazole rings is 1. The molecule has 24 heavy (non-hydrogen) atoms. The number of aliphatic imine (C=N–C) groups is 1. The molecule has 7 heteroatoms. The minimum Gasteiger partial charge on any atom is -0.394 e. The maximum absolute atomic E-state index is 9.05. The van der Waals surface area contributed by atoms with Gasteiger partial charge in [-0.15, -0.1) is 0 Å². The summed E-state index contributed by atoms with van der Waals surface area (Å²) in [5, 5.41) is 13.8. The molecule has 0 spiro atoms. The smallest absolute Gasteiger partial charge is 0.154 e. The first-order chi connectivity index (χ1) is 11.6. The van der Waals surface area contributed by atoms with Gasteiger partial charge in [0.15, 0.2) is 5.84 Å². The van der Waals surface area contributed by atoms with Gasteiger partial charge in [0.2, 0.25) is 0 Å². The highest BCUT2D eigenvalue weighted by molar-refractivity contribution is 5.97. The van der Waals surface area contributed by atoms with Gasteiger partial charge in [0, 0.05) is 20.3 Å². The van der Waals surface area contributed by atoms with Gasteiger partial charge in [-0.3, -0.25) is 10.0 Å². The molecule has 0 amide bonds. The molecule has 2 aromatic rings. The van der Waals surface area contributed by atoms with E-state index in [-0.39, 0.29) is 6.61 Å². The SMILES string of the molecule is CN(N)/C(=C\Cc1ccccc1)NC(=NCCO)c1cn(C)cn1. The monoisotopic (exact) mass is 328 g/mol. The molecule has 0 fully saturated rings. The molecule has 1 heterocycles. The normalized spacial score (nSPS) is 12.3. The van der Waals surface area contributed by atoms with Crippen LogP contribution in [0.1, 0.15) is 11.3 Å². The molecular weight excluding hydrogens is 304 g/mol. The summed E-state index contributed by atoms with van der Waals surface area (Å²) in [6.45, 7) is 0.263. The minimum atomic E-state index is -0.0282. The van der Waals surface area contributed by atoms with E-state index < -0.39 is 0 Å². The third-order valence-electron chi connectivity index (χ3n) is 3.32.